The predicted octanol–water partition coefficient (Wildman–Crippen LogP) is 18.1. The zero-order valence-electron chi connectivity index (χ0n) is 41.9. The molecule has 1 unspecified atom stereocenters. The molecule has 8 rings (SSSR count). The third kappa shape index (κ3) is 12.1. The molecule has 0 fully saturated rings. The Morgan fingerprint density at radius 1 is 0.574 bits per heavy atom. The molecule has 6 aromatic rings. The van der Waals surface area contributed by atoms with E-state index in [0.29, 0.717) is 6.42 Å². The summed E-state index contributed by atoms with van der Waals surface area (Å²) in [5.74, 6) is 7.17. The van der Waals surface area contributed by atoms with Crippen molar-refractivity contribution in [2.45, 2.75) is 94.4 Å². The predicted molar refractivity (Wildman–Crippen MR) is 303 cm³/mol. The molecule has 0 aromatic heterocycles. The molecule has 1 atom stereocenters. The van der Waals surface area contributed by atoms with Crippen molar-refractivity contribution in [3.05, 3.63) is 230 Å². The molecule has 0 aliphatic heterocycles. The van der Waals surface area contributed by atoms with Crippen LogP contribution in [0.3, 0.4) is 0 Å². The molecule has 2 nitrogen and oxygen atoms in total. The van der Waals surface area contributed by atoms with Crippen molar-refractivity contribution in [1.82, 2.24) is 0 Å². The summed E-state index contributed by atoms with van der Waals surface area (Å²) < 4.78 is 0. The molecule has 0 amide bonds. The highest BCUT2D eigenvalue weighted by atomic mass is 31.0. The van der Waals surface area contributed by atoms with E-state index in [4.69, 9.17) is 0 Å². The molecular formula is C65H69N2P. The fourth-order valence-corrected chi connectivity index (χ4v) is 8.98. The summed E-state index contributed by atoms with van der Waals surface area (Å²) in [6, 6.07) is 45.0. The molecule has 0 radical (unpaired) electrons. The van der Waals surface area contributed by atoms with Crippen LogP contribution in [0.4, 0.5) is 28.4 Å². The minimum absolute atomic E-state index is 0.658. The van der Waals surface area contributed by atoms with Crippen molar-refractivity contribution >= 4 is 61.5 Å². The van der Waals surface area contributed by atoms with Crippen LogP contribution < -0.4 is 9.80 Å². The fraction of sp³-hybridized carbons (Fsp3) is 0.231. The summed E-state index contributed by atoms with van der Waals surface area (Å²) in [5.41, 5.74) is 24.3. The van der Waals surface area contributed by atoms with Gasteiger partial charge < -0.3 is 9.80 Å². The molecule has 0 N–H and O–H groups in total. The fourth-order valence-electron chi connectivity index (χ4n) is 8.98. The van der Waals surface area contributed by atoms with E-state index in [0.717, 1.165) is 54.1 Å². The molecule has 0 saturated heterocycles. The highest BCUT2D eigenvalue weighted by molar-refractivity contribution is 7.16. The van der Waals surface area contributed by atoms with Crippen molar-refractivity contribution in [2.75, 3.05) is 16.0 Å². The third-order valence-electron chi connectivity index (χ3n) is 12.9. The Bertz CT molecular complexity index is 3010. The maximum Gasteiger partial charge on any atom is 0.0970 e. The molecule has 0 spiro atoms. The normalized spacial score (nSPS) is 13.4. The highest BCUT2D eigenvalue weighted by Gasteiger charge is 2.20. The average Bonchev–Trinajstić information content (AvgIpc) is 3.59. The first kappa shape index (κ1) is 49.3. The molecule has 2 aliphatic carbocycles. The van der Waals surface area contributed by atoms with Gasteiger partial charge in [-0.25, -0.2) is 0 Å². The summed E-state index contributed by atoms with van der Waals surface area (Å²) in [6.45, 7) is 19.8. The Labute approximate surface area is 411 Å². The van der Waals surface area contributed by atoms with E-state index in [9.17, 15) is 0 Å². The highest BCUT2D eigenvalue weighted by Crippen LogP contribution is 2.40. The van der Waals surface area contributed by atoms with Crippen molar-refractivity contribution in [2.24, 2.45) is 0 Å². The SMILES string of the molecule is CCP.CCc1ccc(N(C2=CC=C(c3ccc(N(c4ccc(/C=C/c5cccc(C)c5)c(C)c4)c4ccc(CC)cc4C)cc3)CC#C2)c2ccc(/C=C/C3=C(C)CCC=C3)c(C)c2)c(C)c1. The van der Waals surface area contributed by atoms with Crippen molar-refractivity contribution in [3.8, 4) is 11.8 Å². The Morgan fingerprint density at radius 3 is 1.74 bits per heavy atom. The standard InChI is InChI=1S/C63H62N2.C2H7P/c1-9-50-22-37-62(48(7)40-50)64(60-36-28-55(47(6)43-60)26-25-53-18-12-11-16-45(53)4)58-20-14-19-56(29-32-58)57-30-33-59(34-31-57)65(63-38-23-51(10-2)41-49(63)8)61-35-27-54(46(5)42-61)24-21-52-17-13-15-44(3)39-52;1-2-3/h12-13,15,17-18,21-43H,9-11,16,19H2,1-8H3;2-3H2,1H3/b24-21+,26-25+;. The maximum absolute atomic E-state index is 3.60. The Hall–Kier alpha value is -6.65. The summed E-state index contributed by atoms with van der Waals surface area (Å²) in [6.07, 6.45) is 24.1. The molecule has 6 aromatic carbocycles. The average molecular weight is 909 g/mol. The first-order chi connectivity index (χ1) is 33.0. The van der Waals surface area contributed by atoms with Gasteiger partial charge in [0.1, 0.15) is 0 Å². The minimum atomic E-state index is 0.658. The molecular weight excluding hydrogens is 840 g/mol. The third-order valence-corrected chi connectivity index (χ3v) is 12.9. The molecule has 0 saturated carbocycles. The number of allylic oxidation sites excluding steroid dienone is 9. The first-order valence-electron chi connectivity index (χ1n) is 24.5. The van der Waals surface area contributed by atoms with E-state index in [1.165, 1.54) is 89.8 Å². The quantitative estimate of drug-likeness (QED) is 0.0647. The van der Waals surface area contributed by atoms with Gasteiger partial charge >= 0.3 is 0 Å². The summed E-state index contributed by atoms with van der Waals surface area (Å²) in [4.78, 5) is 4.74. The molecule has 2 aliphatic rings. The summed E-state index contributed by atoms with van der Waals surface area (Å²) in [7, 11) is 2.58. The van der Waals surface area contributed by atoms with E-state index in [2.05, 4.69) is 263 Å². The van der Waals surface area contributed by atoms with Gasteiger partial charge in [0.15, 0.2) is 0 Å². The lowest BCUT2D eigenvalue weighted by atomic mass is 9.97. The van der Waals surface area contributed by atoms with E-state index in [1.807, 2.05) is 0 Å². The number of benzene rings is 6. The van der Waals surface area contributed by atoms with Crippen LogP contribution in [0.1, 0.15) is 108 Å². The van der Waals surface area contributed by atoms with E-state index in [1.54, 1.807) is 0 Å². The monoisotopic (exact) mass is 909 g/mol. The van der Waals surface area contributed by atoms with Crippen LogP contribution in [0.25, 0.3) is 23.8 Å². The van der Waals surface area contributed by atoms with Gasteiger partial charge in [-0.2, -0.15) is 0 Å². The Kier molecular flexibility index (Phi) is 16.9. The molecule has 0 heterocycles. The zero-order valence-corrected chi connectivity index (χ0v) is 43.0. The van der Waals surface area contributed by atoms with Gasteiger partial charge in [0.05, 0.1) is 5.70 Å². The second-order valence-electron chi connectivity index (χ2n) is 18.1. The van der Waals surface area contributed by atoms with Gasteiger partial charge in [-0.3, -0.25) is 0 Å². The number of hydrogen-bond acceptors (Lipinski definition) is 2. The minimum Gasteiger partial charge on any atom is -0.310 e. The lowest BCUT2D eigenvalue weighted by molar-refractivity contribution is 0.949. The van der Waals surface area contributed by atoms with Gasteiger partial charge in [0.25, 0.3) is 0 Å². The molecule has 3 heteroatoms. The zero-order chi connectivity index (χ0) is 48.2. The topological polar surface area (TPSA) is 6.48 Å². The lowest BCUT2D eigenvalue weighted by Gasteiger charge is -2.28. The second-order valence-corrected chi connectivity index (χ2v) is 19.0. The van der Waals surface area contributed by atoms with Gasteiger partial charge in [-0.1, -0.05) is 153 Å². The maximum atomic E-state index is 3.60. The van der Waals surface area contributed by atoms with Crippen LogP contribution in [0.5, 0.6) is 0 Å². The molecule has 344 valence electrons. The smallest absolute Gasteiger partial charge is 0.0970 e. The Balaban J connectivity index is 0.00000222. The van der Waals surface area contributed by atoms with Gasteiger partial charge in [0, 0.05) is 34.9 Å². The van der Waals surface area contributed by atoms with Crippen LogP contribution in [0.15, 0.2) is 169 Å². The number of aryl methyl sites for hydroxylation is 7. The van der Waals surface area contributed by atoms with Crippen LogP contribution in [-0.4, -0.2) is 6.16 Å². The summed E-state index contributed by atoms with van der Waals surface area (Å²) >= 11 is 0. The Morgan fingerprint density at radius 2 is 1.16 bits per heavy atom. The van der Waals surface area contributed by atoms with Crippen LogP contribution in [0, 0.1) is 46.5 Å². The number of nitrogens with zero attached hydrogens (tertiary/aromatic N) is 2. The number of hydrogen-bond donors (Lipinski definition) is 0. The molecule has 68 heavy (non-hydrogen) atoms. The van der Waals surface area contributed by atoms with E-state index < -0.39 is 0 Å². The van der Waals surface area contributed by atoms with Crippen LogP contribution in [0.2, 0.25) is 0 Å². The summed E-state index contributed by atoms with van der Waals surface area (Å²) in [5, 5.41) is 0. The van der Waals surface area contributed by atoms with Crippen molar-refractivity contribution in [3.63, 3.8) is 0 Å². The number of rotatable bonds is 13. The lowest BCUT2D eigenvalue weighted by Crippen LogP contribution is -2.17. The van der Waals surface area contributed by atoms with Gasteiger partial charge in [0.2, 0.25) is 0 Å². The largest absolute Gasteiger partial charge is 0.310 e. The van der Waals surface area contributed by atoms with Gasteiger partial charge in [-0.05, 0) is 201 Å². The number of anilines is 5. The molecule has 0 bridgehead atoms. The van der Waals surface area contributed by atoms with E-state index in [-0.39, 0.29) is 0 Å². The first-order valence-corrected chi connectivity index (χ1v) is 25.3. The van der Waals surface area contributed by atoms with Gasteiger partial charge in [-0.15, -0.1) is 9.24 Å². The second kappa shape index (κ2) is 23.4. The van der Waals surface area contributed by atoms with Crippen molar-refractivity contribution < 1.29 is 0 Å². The van der Waals surface area contributed by atoms with Crippen LogP contribution >= 0.6 is 9.24 Å². The van der Waals surface area contributed by atoms with Crippen molar-refractivity contribution in [1.29, 1.82) is 0 Å². The van der Waals surface area contributed by atoms with Crippen LogP contribution in [-0.2, 0) is 12.8 Å². The van der Waals surface area contributed by atoms with E-state index >= 15 is 0 Å².